The van der Waals surface area contributed by atoms with Crippen molar-refractivity contribution in [2.75, 3.05) is 0 Å². The van der Waals surface area contributed by atoms with Gasteiger partial charge in [0.15, 0.2) is 0 Å². The first-order valence-corrected chi connectivity index (χ1v) is 10.4. The molecule has 1 fully saturated rings. The van der Waals surface area contributed by atoms with Crippen LogP contribution in [0, 0.1) is 24.0 Å². The first kappa shape index (κ1) is 20.6. The van der Waals surface area contributed by atoms with Crippen molar-refractivity contribution in [2.24, 2.45) is 0 Å². The Hall–Kier alpha value is -3.65. The average Bonchev–Trinajstić information content (AvgIpc) is 3.18. The van der Waals surface area contributed by atoms with E-state index in [2.05, 4.69) is 4.57 Å². The number of non-ortho nitro benzene ring substituents is 1. The summed E-state index contributed by atoms with van der Waals surface area (Å²) in [6.45, 7) is 3.96. The summed E-state index contributed by atoms with van der Waals surface area (Å²) < 4.78 is 2.10. The molecular formula is C23H19N3O4S. The Morgan fingerprint density at radius 2 is 1.77 bits per heavy atom. The Morgan fingerprint density at radius 1 is 1.03 bits per heavy atom. The Bertz CT molecular complexity index is 1230. The van der Waals surface area contributed by atoms with Crippen molar-refractivity contribution in [2.45, 2.75) is 20.4 Å². The molecule has 8 heteroatoms. The van der Waals surface area contributed by atoms with E-state index in [0.717, 1.165) is 39.3 Å². The van der Waals surface area contributed by atoms with E-state index in [0.29, 0.717) is 10.5 Å². The predicted octanol–water partition coefficient (Wildman–Crippen LogP) is 5.24. The molecule has 1 aliphatic rings. The minimum Gasteiger partial charge on any atom is -0.318 e. The second-order valence-electron chi connectivity index (χ2n) is 7.19. The van der Waals surface area contributed by atoms with Gasteiger partial charge in [0, 0.05) is 29.2 Å². The van der Waals surface area contributed by atoms with Gasteiger partial charge in [-0.2, -0.15) is 0 Å². The predicted molar refractivity (Wildman–Crippen MR) is 120 cm³/mol. The third-order valence-corrected chi connectivity index (χ3v) is 6.01. The van der Waals surface area contributed by atoms with Crippen LogP contribution < -0.4 is 0 Å². The molecule has 0 unspecified atom stereocenters. The third-order valence-electron chi connectivity index (χ3n) is 5.11. The van der Waals surface area contributed by atoms with Crippen LogP contribution in [0.25, 0.3) is 11.8 Å². The molecule has 0 radical (unpaired) electrons. The van der Waals surface area contributed by atoms with E-state index in [-0.39, 0.29) is 17.5 Å². The van der Waals surface area contributed by atoms with E-state index in [4.69, 9.17) is 0 Å². The number of hydrogen-bond acceptors (Lipinski definition) is 5. The largest absolute Gasteiger partial charge is 0.318 e. The van der Waals surface area contributed by atoms with E-state index in [1.54, 1.807) is 18.2 Å². The van der Waals surface area contributed by atoms with Crippen LogP contribution in [0.2, 0.25) is 0 Å². The number of rotatable bonds is 5. The molecule has 2 aromatic carbocycles. The van der Waals surface area contributed by atoms with E-state index in [9.17, 15) is 19.7 Å². The van der Waals surface area contributed by atoms with Gasteiger partial charge in [-0.15, -0.1) is 0 Å². The van der Waals surface area contributed by atoms with Crippen molar-refractivity contribution in [3.05, 3.63) is 98.2 Å². The highest BCUT2D eigenvalue weighted by Gasteiger charge is 2.35. The maximum Gasteiger partial charge on any atom is 0.293 e. The molecule has 156 valence electrons. The summed E-state index contributed by atoms with van der Waals surface area (Å²) in [7, 11) is 0. The number of nitrogens with zero attached hydrogens (tertiary/aromatic N) is 3. The van der Waals surface area contributed by atoms with Crippen molar-refractivity contribution >= 4 is 34.7 Å². The van der Waals surface area contributed by atoms with Gasteiger partial charge >= 0.3 is 0 Å². The highest BCUT2D eigenvalue weighted by atomic mass is 32.2. The highest BCUT2D eigenvalue weighted by Crippen LogP contribution is 2.35. The van der Waals surface area contributed by atoms with Crippen LogP contribution in [-0.2, 0) is 11.3 Å². The summed E-state index contributed by atoms with van der Waals surface area (Å²) in [5.74, 6) is -0.397. The molecule has 0 N–H and O–H groups in total. The summed E-state index contributed by atoms with van der Waals surface area (Å²) in [6, 6.07) is 17.8. The topological polar surface area (TPSA) is 85.5 Å². The fraction of sp³-hybridized carbons (Fsp3) is 0.130. The number of nitro groups is 1. The molecule has 7 nitrogen and oxygen atoms in total. The second kappa shape index (κ2) is 8.23. The quantitative estimate of drug-likeness (QED) is 0.312. The lowest BCUT2D eigenvalue weighted by atomic mass is 10.2. The standard InChI is InChI=1S/C23H19N3O4S/c1-15-11-18(16(2)25(15)19-8-4-3-5-9-19)13-21-22(27)24(23(28)31-21)14-17-7-6-10-20(12-17)26(29)30/h3-13H,14H2,1-2H3/b21-13+. The van der Waals surface area contributed by atoms with Gasteiger partial charge in [0.1, 0.15) is 0 Å². The zero-order valence-corrected chi connectivity index (χ0v) is 17.8. The number of carbonyl (C=O) groups excluding carboxylic acids is 2. The summed E-state index contributed by atoms with van der Waals surface area (Å²) in [5, 5.41) is 10.6. The molecule has 0 saturated carbocycles. The van der Waals surface area contributed by atoms with E-state index >= 15 is 0 Å². The number of amides is 2. The fourth-order valence-corrected chi connectivity index (χ4v) is 4.47. The molecule has 1 aromatic heterocycles. The van der Waals surface area contributed by atoms with Crippen LogP contribution >= 0.6 is 11.8 Å². The van der Waals surface area contributed by atoms with Gasteiger partial charge in [-0.05, 0) is 61.0 Å². The number of nitro benzene ring substituents is 1. The molecule has 1 saturated heterocycles. The van der Waals surface area contributed by atoms with Gasteiger partial charge in [0.05, 0.1) is 16.4 Å². The Kier molecular flexibility index (Phi) is 5.48. The van der Waals surface area contributed by atoms with Gasteiger partial charge in [-0.1, -0.05) is 30.3 Å². The molecule has 2 heterocycles. The Balaban J connectivity index is 1.61. The SMILES string of the molecule is Cc1cc(/C=C2/SC(=O)N(Cc3cccc([N+](=O)[O-])c3)C2=O)c(C)n1-c1ccccc1. The number of imide groups is 1. The lowest BCUT2D eigenvalue weighted by Crippen LogP contribution is -2.27. The molecule has 1 aliphatic heterocycles. The summed E-state index contributed by atoms with van der Waals surface area (Å²) in [4.78, 5) is 37.3. The van der Waals surface area contributed by atoms with E-state index in [1.165, 1.54) is 12.1 Å². The van der Waals surface area contributed by atoms with Crippen molar-refractivity contribution in [1.82, 2.24) is 9.47 Å². The second-order valence-corrected chi connectivity index (χ2v) is 8.19. The van der Waals surface area contributed by atoms with Crippen LogP contribution in [0.5, 0.6) is 0 Å². The van der Waals surface area contributed by atoms with Crippen molar-refractivity contribution < 1.29 is 14.5 Å². The van der Waals surface area contributed by atoms with Gasteiger partial charge in [-0.25, -0.2) is 0 Å². The Labute approximate surface area is 183 Å². The maximum absolute atomic E-state index is 12.9. The summed E-state index contributed by atoms with van der Waals surface area (Å²) in [6.07, 6.45) is 1.74. The number of thioether (sulfide) groups is 1. The van der Waals surface area contributed by atoms with Gasteiger partial charge in [0.25, 0.3) is 16.8 Å². The third kappa shape index (κ3) is 4.02. The van der Waals surface area contributed by atoms with Crippen molar-refractivity contribution in [3.8, 4) is 5.69 Å². The zero-order valence-electron chi connectivity index (χ0n) is 16.9. The minimum atomic E-state index is -0.500. The van der Waals surface area contributed by atoms with E-state index < -0.39 is 10.8 Å². The minimum absolute atomic E-state index is 0.00722. The summed E-state index contributed by atoms with van der Waals surface area (Å²) in [5.41, 5.74) is 4.33. The molecule has 0 aliphatic carbocycles. The smallest absolute Gasteiger partial charge is 0.293 e. The molecule has 4 rings (SSSR count). The molecule has 0 bridgehead atoms. The van der Waals surface area contributed by atoms with Crippen molar-refractivity contribution in [1.29, 1.82) is 0 Å². The number of para-hydroxylation sites is 1. The van der Waals surface area contributed by atoms with Gasteiger partial charge < -0.3 is 4.57 Å². The summed E-state index contributed by atoms with van der Waals surface area (Å²) >= 11 is 0.881. The van der Waals surface area contributed by atoms with E-state index in [1.807, 2.05) is 50.2 Å². The molecule has 3 aromatic rings. The van der Waals surface area contributed by atoms with Crippen LogP contribution in [-0.4, -0.2) is 25.5 Å². The molecular weight excluding hydrogens is 414 g/mol. The zero-order chi connectivity index (χ0) is 22.1. The van der Waals surface area contributed by atoms with Crippen LogP contribution in [0.3, 0.4) is 0 Å². The fourth-order valence-electron chi connectivity index (χ4n) is 3.64. The molecule has 0 spiro atoms. The average molecular weight is 433 g/mol. The lowest BCUT2D eigenvalue weighted by molar-refractivity contribution is -0.384. The molecule has 0 atom stereocenters. The first-order valence-electron chi connectivity index (χ1n) is 9.58. The Morgan fingerprint density at radius 3 is 2.48 bits per heavy atom. The molecule has 2 amide bonds. The molecule has 31 heavy (non-hydrogen) atoms. The number of aromatic nitrogens is 1. The lowest BCUT2D eigenvalue weighted by Gasteiger charge is -2.12. The van der Waals surface area contributed by atoms with Crippen molar-refractivity contribution in [3.63, 3.8) is 0 Å². The number of hydrogen-bond donors (Lipinski definition) is 0. The monoisotopic (exact) mass is 433 g/mol. The normalized spacial score (nSPS) is 15.2. The first-order chi connectivity index (χ1) is 14.8. The number of carbonyl (C=O) groups is 2. The van der Waals surface area contributed by atoms with Crippen LogP contribution in [0.15, 0.2) is 65.6 Å². The number of benzene rings is 2. The van der Waals surface area contributed by atoms with Gasteiger partial charge in [0.2, 0.25) is 0 Å². The maximum atomic E-state index is 12.9. The van der Waals surface area contributed by atoms with Crippen LogP contribution in [0.4, 0.5) is 10.5 Å². The van der Waals surface area contributed by atoms with Crippen LogP contribution in [0.1, 0.15) is 22.5 Å². The van der Waals surface area contributed by atoms with Gasteiger partial charge in [-0.3, -0.25) is 24.6 Å². The highest BCUT2D eigenvalue weighted by molar-refractivity contribution is 8.18. The number of aryl methyl sites for hydroxylation is 1.